The minimum absolute atomic E-state index is 0.0487. The number of carbonyl (C=O) groups is 1. The number of hydrogen-bond acceptors (Lipinski definition) is 4. The Morgan fingerprint density at radius 3 is 2.40 bits per heavy atom. The van der Waals surface area contributed by atoms with E-state index in [2.05, 4.69) is 22.4 Å². The molecule has 1 amide bonds. The summed E-state index contributed by atoms with van der Waals surface area (Å²) in [6.07, 6.45) is 11.4. The molecule has 1 rings (SSSR count). The fourth-order valence-electron chi connectivity index (χ4n) is 1.97. The van der Waals surface area contributed by atoms with Crippen molar-refractivity contribution in [2.24, 2.45) is 0 Å². The average molecular weight is 318 g/mol. The van der Waals surface area contributed by atoms with E-state index in [0.717, 1.165) is 17.8 Å². The Hall–Kier alpha value is -0.680. The predicted molar refractivity (Wildman–Crippen MR) is 85.6 cm³/mol. The highest BCUT2D eigenvalue weighted by molar-refractivity contribution is 7.15. The molecule has 20 heavy (non-hydrogen) atoms. The van der Waals surface area contributed by atoms with E-state index >= 15 is 0 Å². The van der Waals surface area contributed by atoms with Gasteiger partial charge in [0.2, 0.25) is 11.0 Å². The molecule has 0 saturated carbocycles. The highest BCUT2D eigenvalue weighted by Crippen LogP contribution is 2.18. The first kappa shape index (κ1) is 17.4. The van der Waals surface area contributed by atoms with Gasteiger partial charge in [0.25, 0.3) is 0 Å². The number of rotatable bonds is 11. The predicted octanol–water partition coefficient (Wildman–Crippen LogP) is 4.40. The quantitative estimate of drug-likeness (QED) is 0.486. The summed E-state index contributed by atoms with van der Waals surface area (Å²) in [4.78, 5) is 11.1. The lowest BCUT2D eigenvalue weighted by Gasteiger charge is -2.00. The SMILES string of the molecule is CCCCCCCCCCc1nnc(NC(=O)CCl)s1. The first-order valence-electron chi connectivity index (χ1n) is 7.44. The van der Waals surface area contributed by atoms with E-state index in [9.17, 15) is 4.79 Å². The van der Waals surface area contributed by atoms with Crippen LogP contribution in [-0.4, -0.2) is 22.0 Å². The molecule has 0 atom stereocenters. The zero-order valence-electron chi connectivity index (χ0n) is 12.2. The van der Waals surface area contributed by atoms with Crippen LogP contribution in [0.2, 0.25) is 0 Å². The maximum atomic E-state index is 11.1. The van der Waals surface area contributed by atoms with E-state index in [0.29, 0.717) is 5.13 Å². The van der Waals surface area contributed by atoms with Crippen molar-refractivity contribution < 1.29 is 4.79 Å². The minimum Gasteiger partial charge on any atom is -0.299 e. The Morgan fingerprint density at radius 1 is 1.10 bits per heavy atom. The Balaban J connectivity index is 2.06. The molecule has 0 aliphatic rings. The number of aromatic nitrogens is 2. The summed E-state index contributed by atoms with van der Waals surface area (Å²) in [7, 11) is 0. The van der Waals surface area contributed by atoms with Crippen LogP contribution in [0.4, 0.5) is 5.13 Å². The Kier molecular flexibility index (Phi) is 9.58. The monoisotopic (exact) mass is 317 g/mol. The van der Waals surface area contributed by atoms with Crippen LogP contribution in [0.1, 0.15) is 63.3 Å². The number of alkyl halides is 1. The number of carbonyl (C=O) groups excluding carboxylic acids is 1. The summed E-state index contributed by atoms with van der Waals surface area (Å²) in [6, 6.07) is 0. The first-order valence-corrected chi connectivity index (χ1v) is 8.79. The molecule has 1 aromatic rings. The van der Waals surface area contributed by atoms with Crippen LogP contribution in [-0.2, 0) is 11.2 Å². The van der Waals surface area contributed by atoms with Crippen molar-refractivity contribution in [2.45, 2.75) is 64.7 Å². The van der Waals surface area contributed by atoms with Crippen LogP contribution in [0.5, 0.6) is 0 Å². The van der Waals surface area contributed by atoms with E-state index in [1.165, 1.54) is 56.3 Å². The van der Waals surface area contributed by atoms with Crippen LogP contribution >= 0.6 is 22.9 Å². The number of anilines is 1. The van der Waals surface area contributed by atoms with Crippen LogP contribution in [0.15, 0.2) is 0 Å². The van der Waals surface area contributed by atoms with Gasteiger partial charge in [0.1, 0.15) is 10.9 Å². The summed E-state index contributed by atoms with van der Waals surface area (Å²) < 4.78 is 0. The normalized spacial score (nSPS) is 10.7. The topological polar surface area (TPSA) is 54.9 Å². The molecular weight excluding hydrogens is 294 g/mol. The standard InChI is InChI=1S/C14H24ClN3OS/c1-2-3-4-5-6-7-8-9-10-13-17-18-14(20-13)16-12(19)11-15/h2-11H2,1H3,(H,16,18,19). The number of unbranched alkanes of at least 4 members (excludes halogenated alkanes) is 7. The maximum absolute atomic E-state index is 11.1. The van der Waals surface area contributed by atoms with Crippen molar-refractivity contribution in [3.05, 3.63) is 5.01 Å². The molecule has 1 N–H and O–H groups in total. The summed E-state index contributed by atoms with van der Waals surface area (Å²) in [5.41, 5.74) is 0. The molecule has 1 heterocycles. The molecule has 4 nitrogen and oxygen atoms in total. The third kappa shape index (κ3) is 7.80. The molecule has 0 saturated heterocycles. The van der Waals surface area contributed by atoms with Gasteiger partial charge in [-0.1, -0.05) is 63.2 Å². The number of hydrogen-bond donors (Lipinski definition) is 1. The smallest absolute Gasteiger partial charge is 0.241 e. The van der Waals surface area contributed by atoms with E-state index in [-0.39, 0.29) is 11.8 Å². The van der Waals surface area contributed by atoms with Crippen LogP contribution in [0, 0.1) is 0 Å². The molecule has 114 valence electrons. The van der Waals surface area contributed by atoms with Gasteiger partial charge in [0.05, 0.1) is 0 Å². The third-order valence-corrected chi connectivity index (χ3v) is 4.22. The van der Waals surface area contributed by atoms with Crippen molar-refractivity contribution in [1.29, 1.82) is 0 Å². The Bertz CT molecular complexity index is 384. The Morgan fingerprint density at radius 2 is 1.75 bits per heavy atom. The largest absolute Gasteiger partial charge is 0.299 e. The van der Waals surface area contributed by atoms with Crippen LogP contribution < -0.4 is 5.32 Å². The average Bonchev–Trinajstić information content (AvgIpc) is 2.89. The third-order valence-electron chi connectivity index (χ3n) is 3.08. The number of amides is 1. The van der Waals surface area contributed by atoms with Gasteiger partial charge in [-0.25, -0.2) is 0 Å². The number of halogens is 1. The van der Waals surface area contributed by atoms with Gasteiger partial charge in [0, 0.05) is 6.42 Å². The van der Waals surface area contributed by atoms with E-state index in [1.807, 2.05) is 0 Å². The maximum Gasteiger partial charge on any atom is 0.241 e. The van der Waals surface area contributed by atoms with Gasteiger partial charge in [-0.05, 0) is 6.42 Å². The fraction of sp³-hybridized carbons (Fsp3) is 0.786. The zero-order valence-corrected chi connectivity index (χ0v) is 13.7. The van der Waals surface area contributed by atoms with Gasteiger partial charge in [-0.3, -0.25) is 10.1 Å². The summed E-state index contributed by atoms with van der Waals surface area (Å²) >= 11 is 6.86. The number of aryl methyl sites for hydroxylation is 1. The molecule has 0 aliphatic carbocycles. The molecule has 0 aromatic carbocycles. The van der Waals surface area contributed by atoms with Crippen LogP contribution in [0.3, 0.4) is 0 Å². The lowest BCUT2D eigenvalue weighted by molar-refractivity contribution is -0.113. The molecule has 1 aromatic heterocycles. The van der Waals surface area contributed by atoms with Crippen molar-refractivity contribution in [1.82, 2.24) is 10.2 Å². The first-order chi connectivity index (χ1) is 9.76. The van der Waals surface area contributed by atoms with E-state index in [1.54, 1.807) is 0 Å². The molecule has 0 unspecified atom stereocenters. The second-order valence-corrected chi connectivity index (χ2v) is 6.24. The van der Waals surface area contributed by atoms with Crippen LogP contribution in [0.25, 0.3) is 0 Å². The lowest BCUT2D eigenvalue weighted by atomic mass is 10.1. The van der Waals surface area contributed by atoms with Crippen molar-refractivity contribution in [3.63, 3.8) is 0 Å². The fourth-order valence-corrected chi connectivity index (χ4v) is 2.83. The highest BCUT2D eigenvalue weighted by atomic mass is 35.5. The lowest BCUT2D eigenvalue weighted by Crippen LogP contribution is -2.12. The van der Waals surface area contributed by atoms with Gasteiger partial charge in [-0.15, -0.1) is 21.8 Å². The van der Waals surface area contributed by atoms with Gasteiger partial charge in [-0.2, -0.15) is 0 Å². The minimum atomic E-state index is -0.235. The molecular formula is C14H24ClN3OS. The molecule has 0 fully saturated rings. The van der Waals surface area contributed by atoms with Crippen molar-refractivity contribution in [3.8, 4) is 0 Å². The molecule has 0 spiro atoms. The van der Waals surface area contributed by atoms with Gasteiger partial charge < -0.3 is 0 Å². The van der Waals surface area contributed by atoms with E-state index < -0.39 is 0 Å². The summed E-state index contributed by atoms with van der Waals surface area (Å²) in [5.74, 6) is -0.283. The number of nitrogens with one attached hydrogen (secondary N) is 1. The zero-order chi connectivity index (χ0) is 14.6. The molecule has 0 aliphatic heterocycles. The highest BCUT2D eigenvalue weighted by Gasteiger charge is 2.06. The Labute approximate surface area is 130 Å². The molecule has 0 bridgehead atoms. The molecule has 0 radical (unpaired) electrons. The second-order valence-electron chi connectivity index (χ2n) is 4.91. The van der Waals surface area contributed by atoms with Crippen molar-refractivity contribution >= 4 is 34.0 Å². The summed E-state index contributed by atoms with van der Waals surface area (Å²) in [6.45, 7) is 2.24. The van der Waals surface area contributed by atoms with E-state index in [4.69, 9.17) is 11.6 Å². The van der Waals surface area contributed by atoms with Gasteiger partial charge >= 0.3 is 0 Å². The van der Waals surface area contributed by atoms with Gasteiger partial charge in [0.15, 0.2) is 0 Å². The molecule has 6 heteroatoms. The summed E-state index contributed by atoms with van der Waals surface area (Å²) in [5, 5.41) is 12.2. The number of nitrogens with zero attached hydrogens (tertiary/aromatic N) is 2. The second kappa shape index (κ2) is 11.0. The van der Waals surface area contributed by atoms with Crippen molar-refractivity contribution in [2.75, 3.05) is 11.2 Å².